The second-order valence-electron chi connectivity index (χ2n) is 4.33. The minimum absolute atomic E-state index is 0.0415. The maximum atomic E-state index is 11.4. The third kappa shape index (κ3) is 9.98. The number of amides is 1. The summed E-state index contributed by atoms with van der Waals surface area (Å²) in [5, 5.41) is 11.3. The molecule has 1 amide bonds. The third-order valence-corrected chi connectivity index (χ3v) is 2.52. The molecule has 0 fully saturated rings. The molecule has 0 radical (unpaired) electrons. The molecule has 0 aliphatic rings. The Morgan fingerprint density at radius 1 is 1.30 bits per heavy atom. The average molecular weight is 288 g/mol. The van der Waals surface area contributed by atoms with Crippen molar-refractivity contribution in [3.63, 3.8) is 0 Å². The molecule has 20 heavy (non-hydrogen) atoms. The van der Waals surface area contributed by atoms with E-state index in [1.807, 2.05) is 6.92 Å². The van der Waals surface area contributed by atoms with Gasteiger partial charge in [0.1, 0.15) is 6.04 Å². The van der Waals surface area contributed by atoms with Gasteiger partial charge >= 0.3 is 12.1 Å². The first-order valence-corrected chi connectivity index (χ1v) is 6.68. The summed E-state index contributed by atoms with van der Waals surface area (Å²) in [7, 11) is 0. The average Bonchev–Trinajstić information content (AvgIpc) is 2.37. The first-order valence-electron chi connectivity index (χ1n) is 6.68. The second kappa shape index (κ2) is 10.9. The molecule has 0 aliphatic heterocycles. The van der Waals surface area contributed by atoms with Crippen LogP contribution in [-0.2, 0) is 9.53 Å². The van der Waals surface area contributed by atoms with Crippen molar-refractivity contribution in [3.05, 3.63) is 0 Å². The lowest BCUT2D eigenvalue weighted by molar-refractivity contribution is -0.139. The van der Waals surface area contributed by atoms with E-state index in [9.17, 15) is 9.59 Å². The van der Waals surface area contributed by atoms with Gasteiger partial charge in [0.15, 0.2) is 5.96 Å². The molecule has 0 aromatic rings. The smallest absolute Gasteiger partial charge is 0.407 e. The van der Waals surface area contributed by atoms with Crippen LogP contribution in [0.2, 0.25) is 0 Å². The van der Waals surface area contributed by atoms with Crippen molar-refractivity contribution in [2.24, 2.45) is 16.5 Å². The van der Waals surface area contributed by atoms with Crippen LogP contribution in [0.25, 0.3) is 0 Å². The molecule has 0 saturated carbocycles. The van der Waals surface area contributed by atoms with Crippen LogP contribution in [0.3, 0.4) is 0 Å². The zero-order chi connectivity index (χ0) is 15.4. The number of carboxylic acid groups (broad SMARTS) is 1. The highest BCUT2D eigenvalue weighted by Crippen LogP contribution is 2.00. The standard InChI is InChI=1S/C12H24N4O4/c1-2-3-4-8-20-12(19)16-9(10(17)18)6-5-7-15-11(13)14/h9H,2-8H2,1H3,(H,16,19)(H,17,18)(H4,13,14,15)/t9-/m1/s1. The third-order valence-electron chi connectivity index (χ3n) is 2.52. The lowest BCUT2D eigenvalue weighted by Gasteiger charge is -2.14. The Bertz CT molecular complexity index is 329. The number of aliphatic imine (C=N–C) groups is 1. The van der Waals surface area contributed by atoms with E-state index in [0.29, 0.717) is 19.6 Å². The molecule has 0 heterocycles. The van der Waals surface area contributed by atoms with Crippen LogP contribution in [0.1, 0.15) is 39.0 Å². The maximum absolute atomic E-state index is 11.4. The van der Waals surface area contributed by atoms with Gasteiger partial charge in [-0.2, -0.15) is 0 Å². The first kappa shape index (κ1) is 18.0. The number of nitrogens with two attached hydrogens (primary N) is 2. The molecule has 8 heteroatoms. The predicted molar refractivity (Wildman–Crippen MR) is 75.3 cm³/mol. The van der Waals surface area contributed by atoms with E-state index in [4.69, 9.17) is 21.3 Å². The van der Waals surface area contributed by atoms with Gasteiger partial charge in [-0.1, -0.05) is 19.8 Å². The summed E-state index contributed by atoms with van der Waals surface area (Å²) in [6.07, 6.45) is 2.73. The zero-order valence-electron chi connectivity index (χ0n) is 11.8. The van der Waals surface area contributed by atoms with Crippen molar-refractivity contribution < 1.29 is 19.4 Å². The summed E-state index contributed by atoms with van der Waals surface area (Å²) in [5.41, 5.74) is 10.3. The van der Waals surface area contributed by atoms with E-state index >= 15 is 0 Å². The number of carbonyl (C=O) groups is 2. The number of aliphatic carboxylic acids is 1. The molecule has 0 spiro atoms. The summed E-state index contributed by atoms with van der Waals surface area (Å²) in [6, 6.07) is -0.997. The van der Waals surface area contributed by atoms with Crippen LogP contribution in [0.15, 0.2) is 4.99 Å². The van der Waals surface area contributed by atoms with Crippen molar-refractivity contribution in [2.45, 2.75) is 45.1 Å². The molecule has 0 unspecified atom stereocenters. The van der Waals surface area contributed by atoms with E-state index in [0.717, 1.165) is 19.3 Å². The molecule has 1 atom stereocenters. The van der Waals surface area contributed by atoms with Crippen LogP contribution in [0.5, 0.6) is 0 Å². The monoisotopic (exact) mass is 288 g/mol. The Balaban J connectivity index is 3.97. The quantitative estimate of drug-likeness (QED) is 0.261. The van der Waals surface area contributed by atoms with Gasteiger partial charge in [-0.05, 0) is 19.3 Å². The fourth-order valence-corrected chi connectivity index (χ4v) is 1.46. The Hall–Kier alpha value is -1.99. The number of carbonyl (C=O) groups excluding carboxylic acids is 1. The molecule has 0 rings (SSSR count). The summed E-state index contributed by atoms with van der Waals surface area (Å²) in [5.74, 6) is -1.15. The van der Waals surface area contributed by atoms with Gasteiger partial charge in [0.25, 0.3) is 0 Å². The lowest BCUT2D eigenvalue weighted by atomic mass is 10.1. The number of nitrogens with zero attached hydrogens (tertiary/aromatic N) is 1. The summed E-state index contributed by atoms with van der Waals surface area (Å²) >= 11 is 0. The van der Waals surface area contributed by atoms with Crippen molar-refractivity contribution >= 4 is 18.0 Å². The summed E-state index contributed by atoms with van der Waals surface area (Å²) < 4.78 is 4.89. The Morgan fingerprint density at radius 3 is 2.55 bits per heavy atom. The van der Waals surface area contributed by atoms with Gasteiger partial charge < -0.3 is 26.6 Å². The molecule has 6 N–H and O–H groups in total. The van der Waals surface area contributed by atoms with E-state index in [1.165, 1.54) is 0 Å². The zero-order valence-corrected chi connectivity index (χ0v) is 11.8. The first-order chi connectivity index (χ1) is 9.47. The Morgan fingerprint density at radius 2 is 2.00 bits per heavy atom. The van der Waals surface area contributed by atoms with E-state index in [-0.39, 0.29) is 12.4 Å². The number of rotatable bonds is 10. The predicted octanol–water partition coefficient (Wildman–Crippen LogP) is 0.410. The van der Waals surface area contributed by atoms with Gasteiger partial charge in [0.05, 0.1) is 6.61 Å². The van der Waals surface area contributed by atoms with Crippen LogP contribution in [-0.4, -0.2) is 42.3 Å². The van der Waals surface area contributed by atoms with Gasteiger partial charge in [0, 0.05) is 6.54 Å². The molecule has 8 nitrogen and oxygen atoms in total. The molecule has 0 saturated heterocycles. The molecular formula is C12H24N4O4. The molecule has 116 valence electrons. The number of hydrogen-bond acceptors (Lipinski definition) is 4. The van der Waals surface area contributed by atoms with Gasteiger partial charge in [0.2, 0.25) is 0 Å². The second-order valence-corrected chi connectivity index (χ2v) is 4.33. The normalized spacial score (nSPS) is 11.4. The topological polar surface area (TPSA) is 140 Å². The van der Waals surface area contributed by atoms with Crippen LogP contribution in [0.4, 0.5) is 4.79 Å². The van der Waals surface area contributed by atoms with Crippen molar-refractivity contribution in [3.8, 4) is 0 Å². The molecule has 0 aromatic carbocycles. The lowest BCUT2D eigenvalue weighted by Crippen LogP contribution is -2.41. The van der Waals surface area contributed by atoms with Gasteiger partial charge in [-0.25, -0.2) is 9.59 Å². The SMILES string of the molecule is CCCCCOC(=O)N[C@H](CCCN=C(N)N)C(=O)O. The number of alkyl carbamates (subject to hydrolysis) is 1. The number of guanidine groups is 1. The molecule has 0 aliphatic carbocycles. The molecular weight excluding hydrogens is 264 g/mol. The fraction of sp³-hybridized carbons (Fsp3) is 0.750. The number of unbranched alkanes of at least 4 members (excludes halogenated alkanes) is 2. The highest BCUT2D eigenvalue weighted by atomic mass is 16.5. The van der Waals surface area contributed by atoms with Gasteiger partial charge in [-0.3, -0.25) is 4.99 Å². The van der Waals surface area contributed by atoms with E-state index < -0.39 is 18.1 Å². The van der Waals surface area contributed by atoms with Crippen LogP contribution >= 0.6 is 0 Å². The minimum atomic E-state index is -1.11. The maximum Gasteiger partial charge on any atom is 0.407 e. The molecule has 0 aromatic heterocycles. The summed E-state index contributed by atoms with van der Waals surface area (Å²) in [6.45, 7) is 2.65. The van der Waals surface area contributed by atoms with Gasteiger partial charge in [-0.15, -0.1) is 0 Å². The molecule has 0 bridgehead atoms. The fourth-order valence-electron chi connectivity index (χ4n) is 1.46. The van der Waals surface area contributed by atoms with Crippen LogP contribution in [0, 0.1) is 0 Å². The number of ether oxygens (including phenoxy) is 1. The highest BCUT2D eigenvalue weighted by molar-refractivity contribution is 5.79. The highest BCUT2D eigenvalue weighted by Gasteiger charge is 2.19. The van der Waals surface area contributed by atoms with E-state index in [1.54, 1.807) is 0 Å². The minimum Gasteiger partial charge on any atom is -0.480 e. The number of hydrogen-bond donors (Lipinski definition) is 4. The number of nitrogens with one attached hydrogen (secondary N) is 1. The van der Waals surface area contributed by atoms with Crippen molar-refractivity contribution in [1.82, 2.24) is 5.32 Å². The van der Waals surface area contributed by atoms with E-state index in [2.05, 4.69) is 10.3 Å². The number of carboxylic acids is 1. The van der Waals surface area contributed by atoms with Crippen LogP contribution < -0.4 is 16.8 Å². The Kier molecular flexibility index (Phi) is 9.81. The van der Waals surface area contributed by atoms with Crippen molar-refractivity contribution in [2.75, 3.05) is 13.2 Å². The summed E-state index contributed by atoms with van der Waals surface area (Å²) in [4.78, 5) is 26.1. The largest absolute Gasteiger partial charge is 0.480 e. The Labute approximate surface area is 118 Å². The van der Waals surface area contributed by atoms with Crippen molar-refractivity contribution in [1.29, 1.82) is 0 Å².